The Bertz CT molecular complexity index is 993. The number of carbonyl (C=O) groups is 1. The number of carbonyl (C=O) groups excluding carboxylic acids is 1. The highest BCUT2D eigenvalue weighted by molar-refractivity contribution is 7.47. The van der Waals surface area contributed by atoms with E-state index in [9.17, 15) is 24.5 Å². The first-order valence-corrected chi connectivity index (χ1v) is 24.7. The lowest BCUT2D eigenvalue weighted by molar-refractivity contribution is -0.124. The Labute approximate surface area is 344 Å². The topological polar surface area (TPSA) is 151 Å². The Kier molecular flexibility index (Phi) is 40.8. The largest absolute Gasteiger partial charge is 0.472 e. The first kappa shape index (κ1) is 54.7. The summed E-state index contributed by atoms with van der Waals surface area (Å²) >= 11 is 0. The molecule has 0 heterocycles. The molecular weight excluding hydrogens is 723 g/mol. The Morgan fingerprint density at radius 2 is 1.02 bits per heavy atom. The predicted molar refractivity (Wildman–Crippen MR) is 237 cm³/mol. The van der Waals surface area contributed by atoms with Crippen LogP contribution in [0.3, 0.4) is 0 Å². The van der Waals surface area contributed by atoms with Crippen molar-refractivity contribution in [2.75, 3.05) is 19.8 Å². The average molecular weight is 813 g/mol. The number of unbranched alkanes of at least 4 members (excludes halogenated alkanes) is 25. The molecule has 4 atom stereocenters. The lowest BCUT2D eigenvalue weighted by Crippen LogP contribution is -2.46. The van der Waals surface area contributed by atoms with E-state index in [1.807, 2.05) is 6.08 Å². The van der Waals surface area contributed by atoms with Gasteiger partial charge in [-0.25, -0.2) is 4.57 Å². The minimum Gasteiger partial charge on any atom is -0.393 e. The minimum atomic E-state index is -4.41. The van der Waals surface area contributed by atoms with Crippen LogP contribution in [0, 0.1) is 0 Å². The monoisotopic (exact) mass is 813 g/mol. The van der Waals surface area contributed by atoms with Gasteiger partial charge in [0, 0.05) is 6.54 Å². The van der Waals surface area contributed by atoms with Crippen molar-refractivity contribution in [3.63, 3.8) is 0 Å². The van der Waals surface area contributed by atoms with Crippen LogP contribution in [0.4, 0.5) is 0 Å². The van der Waals surface area contributed by atoms with Gasteiger partial charge in [-0.3, -0.25) is 13.8 Å². The van der Waals surface area contributed by atoms with Gasteiger partial charge in [0.25, 0.3) is 0 Å². The van der Waals surface area contributed by atoms with Crippen molar-refractivity contribution in [1.29, 1.82) is 0 Å². The molecule has 1 amide bonds. The van der Waals surface area contributed by atoms with Crippen LogP contribution in [0.2, 0.25) is 0 Å². The zero-order valence-electron chi connectivity index (χ0n) is 36.2. The summed E-state index contributed by atoms with van der Waals surface area (Å²) in [6.07, 6.45) is 46.6. The van der Waals surface area contributed by atoms with Crippen LogP contribution in [0.5, 0.6) is 0 Å². The smallest absolute Gasteiger partial charge is 0.393 e. The number of rotatable bonds is 43. The zero-order valence-corrected chi connectivity index (χ0v) is 37.1. The minimum absolute atomic E-state index is 0.0429. The van der Waals surface area contributed by atoms with E-state index in [4.69, 9.17) is 14.8 Å². The molecule has 0 spiro atoms. The summed E-state index contributed by atoms with van der Waals surface area (Å²) in [4.78, 5) is 22.8. The van der Waals surface area contributed by atoms with Gasteiger partial charge in [-0.05, 0) is 44.9 Å². The van der Waals surface area contributed by atoms with Crippen LogP contribution in [-0.2, 0) is 18.4 Å². The average Bonchev–Trinajstić information content (AvgIpc) is 3.17. The first-order valence-electron chi connectivity index (χ1n) is 23.2. The van der Waals surface area contributed by atoms with Crippen molar-refractivity contribution in [2.45, 2.75) is 231 Å². The summed E-state index contributed by atoms with van der Waals surface area (Å²) in [6, 6.07) is -1.00. The van der Waals surface area contributed by atoms with Crippen molar-refractivity contribution in [3.8, 4) is 0 Å². The number of nitrogens with two attached hydrogens (primary N) is 1. The summed E-state index contributed by atoms with van der Waals surface area (Å²) < 4.78 is 22.1. The first-order chi connectivity index (χ1) is 27.3. The fourth-order valence-corrected chi connectivity index (χ4v) is 7.50. The number of hydrogen-bond donors (Lipinski definition) is 5. The van der Waals surface area contributed by atoms with Gasteiger partial charge in [-0.15, -0.1) is 0 Å². The lowest BCUT2D eigenvalue weighted by Gasteiger charge is -2.24. The molecule has 9 nitrogen and oxygen atoms in total. The Morgan fingerprint density at radius 1 is 0.607 bits per heavy atom. The van der Waals surface area contributed by atoms with E-state index in [0.29, 0.717) is 12.8 Å². The Hall–Kier alpha value is -1.32. The fourth-order valence-electron chi connectivity index (χ4n) is 6.74. The van der Waals surface area contributed by atoms with E-state index >= 15 is 0 Å². The van der Waals surface area contributed by atoms with Crippen molar-refractivity contribution in [3.05, 3.63) is 36.5 Å². The number of allylic oxidation sites excluding steroid dienone is 5. The van der Waals surface area contributed by atoms with E-state index < -0.39 is 38.6 Å². The maximum atomic E-state index is 12.8. The highest BCUT2D eigenvalue weighted by Gasteiger charge is 2.27. The summed E-state index contributed by atoms with van der Waals surface area (Å²) in [5, 5.41) is 24.1. The fraction of sp³-hybridized carbons (Fsp3) is 0.848. The van der Waals surface area contributed by atoms with Crippen molar-refractivity contribution in [1.82, 2.24) is 5.32 Å². The summed E-state index contributed by atoms with van der Waals surface area (Å²) in [6.45, 7) is 3.95. The molecule has 0 aliphatic heterocycles. The standard InChI is InChI=1S/C46H89N2O7P/c1-3-5-7-9-11-13-15-17-19-21-23-25-27-29-31-33-35-37-43(49)41-46(51)48-44(42-55-56(52,53)54-40-39-47)45(50)38-36-34-32-30-28-26-24-22-20-18-16-14-12-10-8-6-4-2/h20,22,28,30,36,38,43-45,49-50H,3-19,21,23-27,29,31-35,37,39-42,47H2,1-2H3,(H,48,51)(H,52,53)/b22-20+,30-28+,38-36+. The molecular formula is C46H89N2O7P. The van der Waals surface area contributed by atoms with Crippen LogP contribution in [0.15, 0.2) is 36.5 Å². The van der Waals surface area contributed by atoms with E-state index in [1.54, 1.807) is 6.08 Å². The van der Waals surface area contributed by atoms with Gasteiger partial charge in [-0.2, -0.15) is 0 Å². The molecule has 0 saturated carbocycles. The molecule has 0 bridgehead atoms. The van der Waals surface area contributed by atoms with E-state index in [-0.39, 0.29) is 19.6 Å². The highest BCUT2D eigenvalue weighted by Crippen LogP contribution is 2.43. The van der Waals surface area contributed by atoms with Crippen molar-refractivity contribution >= 4 is 13.7 Å². The third-order valence-electron chi connectivity index (χ3n) is 10.3. The molecule has 0 aromatic carbocycles. The quantitative estimate of drug-likeness (QED) is 0.0232. The molecule has 0 rings (SSSR count). The molecule has 6 N–H and O–H groups in total. The predicted octanol–water partition coefficient (Wildman–Crippen LogP) is 12.1. The molecule has 4 unspecified atom stereocenters. The van der Waals surface area contributed by atoms with Gasteiger partial charge >= 0.3 is 7.82 Å². The molecule has 56 heavy (non-hydrogen) atoms. The van der Waals surface area contributed by atoms with Crippen LogP contribution in [0.1, 0.15) is 213 Å². The molecule has 0 fully saturated rings. The normalized spacial score (nSPS) is 14.9. The number of amides is 1. The van der Waals surface area contributed by atoms with Gasteiger partial charge in [0.2, 0.25) is 5.91 Å². The molecule has 0 radical (unpaired) electrons. The number of nitrogens with one attached hydrogen (secondary N) is 1. The second-order valence-corrected chi connectivity index (χ2v) is 17.2. The number of aliphatic hydroxyl groups excluding tert-OH is 2. The van der Waals surface area contributed by atoms with Crippen LogP contribution >= 0.6 is 7.82 Å². The van der Waals surface area contributed by atoms with Gasteiger partial charge in [-0.1, -0.05) is 198 Å². The third-order valence-corrected chi connectivity index (χ3v) is 11.2. The lowest BCUT2D eigenvalue weighted by atomic mass is 10.0. The molecule has 0 aromatic heterocycles. The van der Waals surface area contributed by atoms with Crippen LogP contribution < -0.4 is 11.1 Å². The Balaban J connectivity index is 4.34. The van der Waals surface area contributed by atoms with Crippen LogP contribution in [0.25, 0.3) is 0 Å². The van der Waals surface area contributed by atoms with E-state index in [2.05, 4.69) is 43.5 Å². The Morgan fingerprint density at radius 3 is 1.48 bits per heavy atom. The van der Waals surface area contributed by atoms with Crippen molar-refractivity contribution < 1.29 is 33.5 Å². The second kappa shape index (κ2) is 41.8. The molecule has 330 valence electrons. The molecule has 0 saturated heterocycles. The highest BCUT2D eigenvalue weighted by atomic mass is 31.2. The van der Waals surface area contributed by atoms with Gasteiger partial charge in [0.15, 0.2) is 0 Å². The number of phosphoric acid groups is 1. The third kappa shape index (κ3) is 39.5. The number of phosphoric ester groups is 1. The molecule has 0 aliphatic rings. The summed E-state index contributed by atoms with van der Waals surface area (Å²) in [7, 11) is -4.41. The maximum Gasteiger partial charge on any atom is 0.472 e. The second-order valence-electron chi connectivity index (χ2n) is 15.8. The number of aliphatic hydroxyl groups is 2. The SMILES string of the molecule is CCCCCCCCC/C=C/CC/C=C/CC/C=C/C(O)C(COP(=O)(O)OCCN)NC(=O)CC(O)CCCCCCCCCCCCCCCCCCC. The van der Waals surface area contributed by atoms with Crippen LogP contribution in [-0.4, -0.2) is 59.0 Å². The zero-order chi connectivity index (χ0) is 41.2. The molecule has 0 aromatic rings. The van der Waals surface area contributed by atoms with Gasteiger partial charge in [0.05, 0.1) is 37.9 Å². The van der Waals surface area contributed by atoms with E-state index in [1.165, 1.54) is 135 Å². The van der Waals surface area contributed by atoms with Crippen molar-refractivity contribution in [2.24, 2.45) is 5.73 Å². The van der Waals surface area contributed by atoms with Gasteiger partial charge in [0.1, 0.15) is 0 Å². The molecule has 10 heteroatoms. The molecule has 0 aliphatic carbocycles. The van der Waals surface area contributed by atoms with E-state index in [0.717, 1.165) is 44.9 Å². The number of hydrogen-bond acceptors (Lipinski definition) is 7. The summed E-state index contributed by atoms with van der Waals surface area (Å²) in [5.74, 6) is -0.458. The van der Waals surface area contributed by atoms with Gasteiger partial charge < -0.3 is 26.2 Å². The maximum absolute atomic E-state index is 12.8. The summed E-state index contributed by atoms with van der Waals surface area (Å²) in [5.41, 5.74) is 5.36.